The molecule has 2 aromatic carbocycles. The van der Waals surface area contributed by atoms with Crippen molar-refractivity contribution in [1.82, 2.24) is 0 Å². The van der Waals surface area contributed by atoms with Crippen LogP contribution in [0.1, 0.15) is 36.1 Å². The van der Waals surface area contributed by atoms with E-state index in [0.29, 0.717) is 23.4 Å². The van der Waals surface area contributed by atoms with E-state index in [9.17, 15) is 38.5 Å². The standard InChI is InChI=1S/C12H15N3O3.C9H5F3N2O3/c1-12(2,16)7-14-10-3-8-5-13-6-9(8)4-11(10)15(17)18;10-9(11,12)17-8-2-6-4-13-3-5(6)1-7(8)14(15)16/h3-4,6,14,16H,5,7H2,1-2H3;1-3H,4H2. The molecule has 11 nitrogen and oxygen atoms in total. The highest BCUT2D eigenvalue weighted by atomic mass is 19.4. The van der Waals surface area contributed by atoms with Crippen LogP contribution >= 0.6 is 0 Å². The third-order valence-corrected chi connectivity index (χ3v) is 4.79. The lowest BCUT2D eigenvalue weighted by Crippen LogP contribution is -2.29. The monoisotopic (exact) mass is 495 g/mol. The van der Waals surface area contributed by atoms with Crippen molar-refractivity contribution in [2.45, 2.75) is 38.9 Å². The Labute approximate surface area is 196 Å². The van der Waals surface area contributed by atoms with Gasteiger partial charge in [0.15, 0.2) is 0 Å². The number of nitro benzene ring substituents is 2. The van der Waals surface area contributed by atoms with Gasteiger partial charge in [0.1, 0.15) is 5.69 Å². The number of anilines is 1. The summed E-state index contributed by atoms with van der Waals surface area (Å²) in [5.41, 5.74) is 1.42. The minimum Gasteiger partial charge on any atom is -0.398 e. The lowest BCUT2D eigenvalue weighted by molar-refractivity contribution is -0.388. The van der Waals surface area contributed by atoms with Gasteiger partial charge in [-0.1, -0.05) is 0 Å². The molecule has 0 radical (unpaired) electrons. The molecule has 2 aromatic rings. The number of hydrogen-bond acceptors (Lipinski definition) is 9. The molecular formula is C21H20F3N5O6. The summed E-state index contributed by atoms with van der Waals surface area (Å²) in [6, 6.07) is 5.26. The average Bonchev–Trinajstić information content (AvgIpc) is 3.37. The summed E-state index contributed by atoms with van der Waals surface area (Å²) in [7, 11) is 0. The van der Waals surface area contributed by atoms with Gasteiger partial charge in [-0.05, 0) is 37.1 Å². The molecule has 0 unspecified atom stereocenters. The van der Waals surface area contributed by atoms with Crippen LogP contribution < -0.4 is 10.1 Å². The molecule has 0 fully saturated rings. The van der Waals surface area contributed by atoms with Gasteiger partial charge in [-0.15, -0.1) is 13.2 Å². The lowest BCUT2D eigenvalue weighted by Gasteiger charge is -2.18. The van der Waals surface area contributed by atoms with E-state index < -0.39 is 33.2 Å². The van der Waals surface area contributed by atoms with Crippen LogP contribution in [0.25, 0.3) is 0 Å². The lowest BCUT2D eigenvalue weighted by atomic mass is 10.1. The third-order valence-electron chi connectivity index (χ3n) is 4.79. The van der Waals surface area contributed by atoms with Crippen LogP contribution in [-0.4, -0.2) is 45.9 Å². The zero-order valence-electron chi connectivity index (χ0n) is 18.5. The van der Waals surface area contributed by atoms with Crippen LogP contribution in [0.3, 0.4) is 0 Å². The highest BCUT2D eigenvalue weighted by molar-refractivity contribution is 5.88. The van der Waals surface area contributed by atoms with Crippen molar-refractivity contribution < 1.29 is 32.9 Å². The van der Waals surface area contributed by atoms with Crippen molar-refractivity contribution in [2.75, 3.05) is 11.9 Å². The Hall–Kier alpha value is -4.07. The maximum Gasteiger partial charge on any atom is 0.573 e. The van der Waals surface area contributed by atoms with E-state index in [2.05, 4.69) is 20.0 Å². The summed E-state index contributed by atoms with van der Waals surface area (Å²) >= 11 is 0. The first-order valence-electron chi connectivity index (χ1n) is 10.1. The molecule has 0 bridgehead atoms. The number of benzene rings is 2. The van der Waals surface area contributed by atoms with Crippen LogP contribution in [0.2, 0.25) is 0 Å². The number of aliphatic hydroxyl groups is 1. The highest BCUT2D eigenvalue weighted by Crippen LogP contribution is 2.35. The molecule has 2 heterocycles. The van der Waals surface area contributed by atoms with Crippen molar-refractivity contribution in [3.8, 4) is 5.75 Å². The number of ether oxygens (including phenoxy) is 1. The number of hydrogen-bond donors (Lipinski definition) is 2. The van der Waals surface area contributed by atoms with Gasteiger partial charge in [0.2, 0.25) is 5.75 Å². The van der Waals surface area contributed by atoms with Crippen molar-refractivity contribution in [3.63, 3.8) is 0 Å². The van der Waals surface area contributed by atoms with E-state index in [4.69, 9.17) is 0 Å². The first kappa shape index (κ1) is 25.6. The van der Waals surface area contributed by atoms with Crippen LogP contribution in [0.15, 0.2) is 34.3 Å². The van der Waals surface area contributed by atoms with Crippen molar-refractivity contribution in [3.05, 3.63) is 66.7 Å². The highest BCUT2D eigenvalue weighted by Gasteiger charge is 2.35. The van der Waals surface area contributed by atoms with Crippen LogP contribution in [0, 0.1) is 20.2 Å². The molecular weight excluding hydrogens is 475 g/mol. The summed E-state index contributed by atoms with van der Waals surface area (Å²) < 4.78 is 39.8. The number of rotatable bonds is 6. The molecule has 2 aliphatic heterocycles. The number of aliphatic imine (C=N–C) groups is 2. The van der Waals surface area contributed by atoms with Gasteiger partial charge >= 0.3 is 12.0 Å². The normalized spacial score (nSPS) is 13.5. The molecule has 0 aromatic heterocycles. The average molecular weight is 495 g/mol. The molecule has 0 spiro atoms. The van der Waals surface area contributed by atoms with Gasteiger partial charge in [-0.25, -0.2) is 0 Å². The Morgan fingerprint density at radius 1 is 0.971 bits per heavy atom. The second-order valence-electron chi connectivity index (χ2n) is 8.25. The second-order valence-corrected chi connectivity index (χ2v) is 8.25. The van der Waals surface area contributed by atoms with Gasteiger partial charge in [0, 0.05) is 42.2 Å². The molecule has 35 heavy (non-hydrogen) atoms. The molecule has 0 saturated carbocycles. The minimum absolute atomic E-state index is 0.00588. The molecule has 0 saturated heterocycles. The fourth-order valence-corrected chi connectivity index (χ4v) is 3.23. The zero-order valence-corrected chi connectivity index (χ0v) is 18.5. The summed E-state index contributed by atoms with van der Waals surface area (Å²) in [5.74, 6) is -0.813. The number of nitrogens with zero attached hydrogens (tertiary/aromatic N) is 4. The fraction of sp³-hybridized carbons (Fsp3) is 0.333. The number of fused-ring (bicyclic) bond motifs is 2. The molecule has 2 N–H and O–H groups in total. The minimum atomic E-state index is -4.96. The Balaban J connectivity index is 0.000000196. The van der Waals surface area contributed by atoms with Crippen LogP contribution in [0.4, 0.5) is 30.2 Å². The van der Waals surface area contributed by atoms with Gasteiger partial charge in [0.25, 0.3) is 5.69 Å². The number of nitro groups is 2. The van der Waals surface area contributed by atoms with Crippen LogP contribution in [-0.2, 0) is 13.1 Å². The number of nitrogens with one attached hydrogen (secondary N) is 1. The predicted molar refractivity (Wildman–Crippen MR) is 120 cm³/mol. The fourth-order valence-electron chi connectivity index (χ4n) is 3.23. The molecule has 2 aliphatic rings. The summed E-state index contributed by atoms with van der Waals surface area (Å²) in [5, 5.41) is 34.2. The largest absolute Gasteiger partial charge is 0.573 e. The predicted octanol–water partition coefficient (Wildman–Crippen LogP) is 4.14. The molecule has 0 aliphatic carbocycles. The number of halogens is 3. The Bertz CT molecular complexity index is 1220. The first-order valence-corrected chi connectivity index (χ1v) is 10.1. The van der Waals surface area contributed by atoms with Crippen molar-refractivity contribution >= 4 is 29.5 Å². The molecule has 186 valence electrons. The van der Waals surface area contributed by atoms with Gasteiger partial charge < -0.3 is 15.2 Å². The Morgan fingerprint density at radius 2 is 1.49 bits per heavy atom. The maximum absolute atomic E-state index is 12.1. The van der Waals surface area contributed by atoms with E-state index in [1.54, 1.807) is 26.1 Å². The number of alkyl halides is 3. The Morgan fingerprint density at radius 3 is 1.97 bits per heavy atom. The van der Waals surface area contributed by atoms with E-state index in [-0.39, 0.29) is 18.8 Å². The molecule has 14 heteroatoms. The summed E-state index contributed by atoms with van der Waals surface area (Å²) in [6.07, 6.45) is -1.94. The molecule has 4 rings (SSSR count). The van der Waals surface area contributed by atoms with Crippen molar-refractivity contribution in [2.24, 2.45) is 9.98 Å². The van der Waals surface area contributed by atoms with E-state index >= 15 is 0 Å². The van der Waals surface area contributed by atoms with Crippen LogP contribution in [0.5, 0.6) is 5.75 Å². The summed E-state index contributed by atoms with van der Waals surface area (Å²) in [4.78, 5) is 28.2. The van der Waals surface area contributed by atoms with Gasteiger partial charge in [-0.3, -0.25) is 30.2 Å². The van der Waals surface area contributed by atoms with Gasteiger partial charge in [-0.2, -0.15) is 0 Å². The van der Waals surface area contributed by atoms with Gasteiger partial charge in [0.05, 0.1) is 28.5 Å². The molecule has 0 atom stereocenters. The summed E-state index contributed by atoms with van der Waals surface area (Å²) in [6.45, 7) is 4.27. The Kier molecular flexibility index (Phi) is 7.05. The van der Waals surface area contributed by atoms with E-state index in [0.717, 1.165) is 23.3 Å². The topological polar surface area (TPSA) is 152 Å². The first-order chi connectivity index (χ1) is 16.2. The second kappa shape index (κ2) is 9.66. The van der Waals surface area contributed by atoms with Crippen molar-refractivity contribution in [1.29, 1.82) is 0 Å². The molecule has 0 amide bonds. The maximum atomic E-state index is 12.1. The zero-order chi connectivity index (χ0) is 26.0. The smallest absolute Gasteiger partial charge is 0.398 e. The third kappa shape index (κ3) is 6.72. The SMILES string of the molecule is CC(C)(O)CNc1cc2c(cc1[N+](=O)[O-])C=NC2.O=[N+]([O-])c1cc2c(cc1OC(F)(F)F)CN=C2. The van der Waals surface area contributed by atoms with E-state index in [1.165, 1.54) is 12.3 Å². The quantitative estimate of drug-likeness (QED) is 0.451. The van der Waals surface area contributed by atoms with E-state index in [1.807, 2.05) is 0 Å².